The molecule has 2 heterocycles. The van der Waals surface area contributed by atoms with Crippen LogP contribution in [0.4, 0.5) is 0 Å². The van der Waals surface area contributed by atoms with Crippen molar-refractivity contribution in [2.24, 2.45) is 0 Å². The molecule has 2 aliphatic rings. The average Bonchev–Trinajstić information content (AvgIpc) is 3.05. The van der Waals surface area contributed by atoms with Crippen molar-refractivity contribution in [3.05, 3.63) is 29.8 Å². The van der Waals surface area contributed by atoms with Gasteiger partial charge in [-0.05, 0) is 23.8 Å². The van der Waals surface area contributed by atoms with E-state index in [0.29, 0.717) is 17.9 Å². The molecular formula is C14H15NO3S2. The number of carboxylic acids is 1. The number of benzene rings is 1. The van der Waals surface area contributed by atoms with Crippen LogP contribution in [0.1, 0.15) is 17.9 Å². The Hall–Kier alpha value is -1.14. The molecule has 2 N–H and O–H groups in total. The van der Waals surface area contributed by atoms with Gasteiger partial charge in [-0.3, -0.25) is 4.79 Å². The van der Waals surface area contributed by atoms with Crippen molar-refractivity contribution in [3.63, 3.8) is 0 Å². The highest BCUT2D eigenvalue weighted by Gasteiger charge is 2.45. The van der Waals surface area contributed by atoms with E-state index in [4.69, 9.17) is 0 Å². The fourth-order valence-corrected chi connectivity index (χ4v) is 5.14. The summed E-state index contributed by atoms with van der Waals surface area (Å²) in [6.07, 6.45) is 0.500. The Morgan fingerprint density at radius 2 is 2.15 bits per heavy atom. The van der Waals surface area contributed by atoms with Gasteiger partial charge < -0.3 is 10.4 Å². The fourth-order valence-electron chi connectivity index (χ4n) is 2.59. The number of thioether (sulfide) groups is 2. The summed E-state index contributed by atoms with van der Waals surface area (Å²) in [6, 6.07) is 7.84. The predicted molar refractivity (Wildman–Crippen MR) is 80.4 cm³/mol. The van der Waals surface area contributed by atoms with Crippen LogP contribution in [0.25, 0.3) is 0 Å². The van der Waals surface area contributed by atoms with Crippen molar-refractivity contribution in [1.82, 2.24) is 5.32 Å². The summed E-state index contributed by atoms with van der Waals surface area (Å²) in [6.45, 7) is 0. The van der Waals surface area contributed by atoms with Gasteiger partial charge in [0.15, 0.2) is 0 Å². The minimum Gasteiger partial charge on any atom is -0.479 e. The maximum absolute atomic E-state index is 12.5. The number of hydrogen-bond donors (Lipinski definition) is 2. The average molecular weight is 309 g/mol. The van der Waals surface area contributed by atoms with Crippen LogP contribution < -0.4 is 5.32 Å². The van der Waals surface area contributed by atoms with Gasteiger partial charge in [0.05, 0.1) is 5.92 Å². The van der Waals surface area contributed by atoms with Crippen molar-refractivity contribution >= 4 is 35.4 Å². The van der Waals surface area contributed by atoms with Gasteiger partial charge in [0, 0.05) is 16.4 Å². The Bertz CT molecular complexity index is 555. The molecule has 4 nitrogen and oxygen atoms in total. The molecular weight excluding hydrogens is 294 g/mol. The monoisotopic (exact) mass is 309 g/mol. The molecule has 0 spiro atoms. The first-order valence-corrected chi connectivity index (χ1v) is 8.61. The molecule has 6 heteroatoms. The van der Waals surface area contributed by atoms with Crippen molar-refractivity contribution in [2.45, 2.75) is 22.8 Å². The van der Waals surface area contributed by atoms with E-state index in [-0.39, 0.29) is 11.8 Å². The summed E-state index contributed by atoms with van der Waals surface area (Å²) in [4.78, 5) is 25.1. The molecule has 1 amide bonds. The number of rotatable bonds is 3. The smallest absolute Gasteiger partial charge is 0.330 e. The zero-order chi connectivity index (χ0) is 14.2. The molecule has 1 aromatic rings. The summed E-state index contributed by atoms with van der Waals surface area (Å²) in [5.41, 5.74) is -0.0644. The molecule has 2 aliphatic heterocycles. The third-order valence-electron chi connectivity index (χ3n) is 3.81. The zero-order valence-corrected chi connectivity index (χ0v) is 12.4. The highest BCUT2D eigenvalue weighted by molar-refractivity contribution is 7.99. The lowest BCUT2D eigenvalue weighted by atomic mass is 9.95. The first-order chi connectivity index (χ1) is 9.62. The summed E-state index contributed by atoms with van der Waals surface area (Å²) in [7, 11) is 0. The highest BCUT2D eigenvalue weighted by atomic mass is 32.2. The van der Waals surface area contributed by atoms with E-state index < -0.39 is 11.5 Å². The lowest BCUT2D eigenvalue weighted by Gasteiger charge is -2.26. The van der Waals surface area contributed by atoms with Crippen LogP contribution in [-0.4, -0.2) is 39.8 Å². The standard InChI is InChI=1S/C14H15NO3S2/c16-12(15-14(13(17)18)5-6-19-8-14)10-7-20-11-4-2-1-3-9(10)11/h1-4,10H,5-8H2,(H,15,16)(H,17,18)/t10-,14+/m0/s1. The van der Waals surface area contributed by atoms with Crippen LogP contribution in [-0.2, 0) is 9.59 Å². The second-order valence-corrected chi connectivity index (χ2v) is 7.25. The molecule has 1 saturated heterocycles. The van der Waals surface area contributed by atoms with E-state index in [9.17, 15) is 14.7 Å². The molecule has 0 saturated carbocycles. The summed E-state index contributed by atoms with van der Waals surface area (Å²) in [5.74, 6) is 0.604. The quantitative estimate of drug-likeness (QED) is 0.893. The van der Waals surface area contributed by atoms with E-state index >= 15 is 0 Å². The van der Waals surface area contributed by atoms with E-state index in [2.05, 4.69) is 5.32 Å². The molecule has 0 radical (unpaired) electrons. The van der Waals surface area contributed by atoms with Gasteiger partial charge in [-0.1, -0.05) is 18.2 Å². The van der Waals surface area contributed by atoms with Gasteiger partial charge in [0.25, 0.3) is 0 Å². The molecule has 1 fully saturated rings. The van der Waals surface area contributed by atoms with E-state index in [1.165, 1.54) is 0 Å². The first kappa shape index (κ1) is 13.8. The molecule has 0 aliphatic carbocycles. The lowest BCUT2D eigenvalue weighted by Crippen LogP contribution is -2.55. The van der Waals surface area contributed by atoms with Gasteiger partial charge in [0.1, 0.15) is 5.54 Å². The van der Waals surface area contributed by atoms with Gasteiger partial charge in [-0.2, -0.15) is 11.8 Å². The number of carbonyl (C=O) groups is 2. The molecule has 0 bridgehead atoms. The maximum atomic E-state index is 12.5. The maximum Gasteiger partial charge on any atom is 0.330 e. The van der Waals surface area contributed by atoms with Crippen molar-refractivity contribution in [1.29, 1.82) is 0 Å². The zero-order valence-electron chi connectivity index (χ0n) is 10.8. The molecule has 106 valence electrons. The van der Waals surface area contributed by atoms with Crippen molar-refractivity contribution in [3.8, 4) is 0 Å². The highest BCUT2D eigenvalue weighted by Crippen LogP contribution is 2.40. The number of amides is 1. The molecule has 2 atom stereocenters. The van der Waals surface area contributed by atoms with Crippen LogP contribution in [0.3, 0.4) is 0 Å². The fraction of sp³-hybridized carbons (Fsp3) is 0.429. The van der Waals surface area contributed by atoms with Gasteiger partial charge in [-0.25, -0.2) is 4.79 Å². The van der Waals surface area contributed by atoms with Crippen LogP contribution >= 0.6 is 23.5 Å². The van der Waals surface area contributed by atoms with Crippen molar-refractivity contribution < 1.29 is 14.7 Å². The Kier molecular flexibility index (Phi) is 3.69. The van der Waals surface area contributed by atoms with Crippen molar-refractivity contribution in [2.75, 3.05) is 17.3 Å². The molecule has 3 rings (SSSR count). The largest absolute Gasteiger partial charge is 0.479 e. The van der Waals surface area contributed by atoms with Crippen LogP contribution in [0.2, 0.25) is 0 Å². The third-order valence-corrected chi connectivity index (χ3v) is 6.18. The number of fused-ring (bicyclic) bond motifs is 1. The number of carboxylic acid groups (broad SMARTS) is 1. The van der Waals surface area contributed by atoms with Gasteiger partial charge in [0.2, 0.25) is 5.91 Å². The molecule has 20 heavy (non-hydrogen) atoms. The topological polar surface area (TPSA) is 66.4 Å². The SMILES string of the molecule is O=C(N[C@]1(C(=O)O)CCSC1)[C@H]1CSc2ccccc21. The van der Waals surface area contributed by atoms with Crippen LogP contribution in [0.5, 0.6) is 0 Å². The third kappa shape index (κ3) is 2.31. The minimum atomic E-state index is -1.08. The van der Waals surface area contributed by atoms with Crippen LogP contribution in [0, 0.1) is 0 Å². The summed E-state index contributed by atoms with van der Waals surface area (Å²) < 4.78 is 0. The summed E-state index contributed by atoms with van der Waals surface area (Å²) in [5, 5.41) is 12.2. The molecule has 1 aromatic carbocycles. The Morgan fingerprint density at radius 1 is 1.35 bits per heavy atom. The number of carbonyl (C=O) groups excluding carboxylic acids is 1. The number of aliphatic carboxylic acids is 1. The second kappa shape index (κ2) is 5.33. The second-order valence-electron chi connectivity index (χ2n) is 5.08. The Labute approximate surface area is 125 Å². The lowest BCUT2D eigenvalue weighted by molar-refractivity contribution is -0.146. The Morgan fingerprint density at radius 3 is 2.85 bits per heavy atom. The number of nitrogens with one attached hydrogen (secondary N) is 1. The molecule has 0 unspecified atom stereocenters. The van der Waals surface area contributed by atoms with E-state index in [1.54, 1.807) is 23.5 Å². The van der Waals surface area contributed by atoms with Gasteiger partial charge >= 0.3 is 5.97 Å². The summed E-state index contributed by atoms with van der Waals surface area (Å²) >= 11 is 3.23. The van der Waals surface area contributed by atoms with E-state index in [0.717, 1.165) is 16.2 Å². The van der Waals surface area contributed by atoms with E-state index in [1.807, 2.05) is 24.3 Å². The Balaban J connectivity index is 1.79. The molecule has 0 aromatic heterocycles. The number of hydrogen-bond acceptors (Lipinski definition) is 4. The first-order valence-electron chi connectivity index (χ1n) is 6.47. The normalized spacial score (nSPS) is 28.1. The van der Waals surface area contributed by atoms with Gasteiger partial charge in [-0.15, -0.1) is 11.8 Å². The van der Waals surface area contributed by atoms with Crippen LogP contribution in [0.15, 0.2) is 29.2 Å². The minimum absolute atomic E-state index is 0.160. The predicted octanol–water partition coefficient (Wildman–Crippen LogP) is 1.95.